The number of aliphatic carboxylic acids is 2. The maximum Gasteiger partial charge on any atom is 0.334 e. The Morgan fingerprint density at radius 1 is 0.650 bits per heavy atom. The molecular formula is C26H50N2O10Si2. The van der Waals surface area contributed by atoms with E-state index in [0.717, 1.165) is 0 Å². The van der Waals surface area contributed by atoms with Gasteiger partial charge in [-0.05, 0) is 79.6 Å². The minimum Gasteiger partial charge on any atom is -0.481 e. The van der Waals surface area contributed by atoms with Crippen molar-refractivity contribution in [2.24, 2.45) is 22.7 Å². The van der Waals surface area contributed by atoms with Gasteiger partial charge in [-0.3, -0.25) is 19.2 Å². The molecule has 2 amide bonds. The van der Waals surface area contributed by atoms with Crippen LogP contribution in [0, 0.1) is 22.7 Å². The molecule has 1 fully saturated rings. The lowest BCUT2D eigenvalue weighted by Gasteiger charge is -2.59. The Hall–Kier alpha value is -1.85. The first kappa shape index (κ1) is 36.2. The standard InChI is InChI=1S/C26H50N2O10Si2/c1-9-35-39(7,36-10-2)17-13-15-27-21(29)19-25(5,23(31)32)20(26(19,6)24(33)34)22(30)28-16-14-18-40(8,37-11-3)38-12-4/h19-20H,9-18H2,1-8H3,(H,27,29)(H,28,30)(H,31,32)(H,33,34). The van der Waals surface area contributed by atoms with Gasteiger partial charge in [-0.1, -0.05) is 0 Å². The second kappa shape index (κ2) is 15.4. The second-order valence-electron chi connectivity index (χ2n) is 10.8. The van der Waals surface area contributed by atoms with Gasteiger partial charge in [0.1, 0.15) is 0 Å². The quantitative estimate of drug-likeness (QED) is 0.119. The fourth-order valence-electron chi connectivity index (χ4n) is 6.11. The van der Waals surface area contributed by atoms with Gasteiger partial charge in [-0.15, -0.1) is 0 Å². The van der Waals surface area contributed by atoms with E-state index in [0.29, 0.717) is 51.4 Å². The van der Waals surface area contributed by atoms with E-state index in [1.807, 2.05) is 40.8 Å². The van der Waals surface area contributed by atoms with Crippen molar-refractivity contribution < 1.29 is 47.1 Å². The molecule has 232 valence electrons. The van der Waals surface area contributed by atoms with Crippen LogP contribution in [0.5, 0.6) is 0 Å². The molecule has 1 saturated carbocycles. The van der Waals surface area contributed by atoms with Gasteiger partial charge in [-0.25, -0.2) is 0 Å². The summed E-state index contributed by atoms with van der Waals surface area (Å²) >= 11 is 0. The van der Waals surface area contributed by atoms with E-state index in [9.17, 15) is 29.4 Å². The highest BCUT2D eigenvalue weighted by Crippen LogP contribution is 2.64. The average molecular weight is 607 g/mol. The molecule has 40 heavy (non-hydrogen) atoms. The van der Waals surface area contributed by atoms with Gasteiger partial charge in [-0.2, -0.15) is 0 Å². The number of carboxylic acids is 2. The summed E-state index contributed by atoms with van der Waals surface area (Å²) in [5.74, 6) is -7.09. The van der Waals surface area contributed by atoms with Crippen molar-refractivity contribution in [3.63, 3.8) is 0 Å². The Kier molecular flexibility index (Phi) is 13.9. The molecule has 0 saturated heterocycles. The largest absolute Gasteiger partial charge is 0.481 e. The van der Waals surface area contributed by atoms with Crippen molar-refractivity contribution in [2.45, 2.75) is 79.6 Å². The van der Waals surface area contributed by atoms with E-state index in [-0.39, 0.29) is 13.1 Å². The number of nitrogens with one attached hydrogen (secondary N) is 2. The van der Waals surface area contributed by atoms with Crippen LogP contribution >= 0.6 is 0 Å². The lowest BCUT2D eigenvalue weighted by atomic mass is 9.39. The zero-order chi connectivity index (χ0) is 30.8. The highest BCUT2D eigenvalue weighted by molar-refractivity contribution is 6.66. The molecule has 0 unspecified atom stereocenters. The van der Waals surface area contributed by atoms with Gasteiger partial charge in [0.15, 0.2) is 0 Å². The molecule has 0 aromatic carbocycles. The van der Waals surface area contributed by atoms with E-state index in [1.165, 1.54) is 13.8 Å². The minimum atomic E-state index is -2.40. The summed E-state index contributed by atoms with van der Waals surface area (Å²) in [5, 5.41) is 25.7. The zero-order valence-corrected chi connectivity index (χ0v) is 27.4. The van der Waals surface area contributed by atoms with Crippen LogP contribution in [-0.2, 0) is 36.9 Å². The van der Waals surface area contributed by atoms with Gasteiger partial charge in [0.25, 0.3) is 0 Å². The lowest BCUT2D eigenvalue weighted by molar-refractivity contribution is -0.219. The summed E-state index contributed by atoms with van der Waals surface area (Å²) in [5.41, 5.74) is -3.80. The van der Waals surface area contributed by atoms with Crippen molar-refractivity contribution in [2.75, 3.05) is 39.5 Å². The van der Waals surface area contributed by atoms with Crippen LogP contribution in [-0.4, -0.2) is 90.6 Å². The first-order valence-corrected chi connectivity index (χ1v) is 19.3. The SMILES string of the molecule is CCO[Si](C)(CCCNC(=O)C1C(C)(C(=O)O)C(C(=O)NCCC[Si](C)(OCC)OCC)C1(C)C(=O)O)OCC. The highest BCUT2D eigenvalue weighted by atomic mass is 28.4. The molecule has 1 aliphatic carbocycles. The number of hydrogen-bond acceptors (Lipinski definition) is 8. The molecule has 0 heterocycles. The topological polar surface area (TPSA) is 170 Å². The third kappa shape index (κ3) is 8.13. The molecule has 0 spiro atoms. The van der Waals surface area contributed by atoms with Crippen molar-refractivity contribution in [3.05, 3.63) is 0 Å². The molecule has 0 bridgehead atoms. The minimum absolute atomic E-state index is 0.197. The molecule has 0 aliphatic heterocycles. The predicted octanol–water partition coefficient (Wildman–Crippen LogP) is 2.72. The Bertz CT molecular complexity index is 798. The van der Waals surface area contributed by atoms with Crippen LogP contribution in [0.25, 0.3) is 0 Å². The Labute approximate surface area is 240 Å². The number of carboxylic acid groups (broad SMARTS) is 2. The first-order chi connectivity index (χ1) is 18.6. The highest BCUT2D eigenvalue weighted by Gasteiger charge is 2.78. The summed E-state index contributed by atoms with van der Waals surface area (Å²) in [6.45, 7) is 16.4. The van der Waals surface area contributed by atoms with Gasteiger partial charge < -0.3 is 38.6 Å². The third-order valence-electron chi connectivity index (χ3n) is 7.86. The molecular weight excluding hydrogens is 556 g/mol. The summed E-state index contributed by atoms with van der Waals surface area (Å²) in [6.07, 6.45) is 1.04. The molecule has 1 aliphatic rings. The van der Waals surface area contributed by atoms with Crippen molar-refractivity contribution in [3.8, 4) is 0 Å². The molecule has 0 aromatic rings. The fourth-order valence-corrected chi connectivity index (χ4v) is 10.9. The van der Waals surface area contributed by atoms with Crippen LogP contribution in [0.15, 0.2) is 0 Å². The van der Waals surface area contributed by atoms with Crippen LogP contribution in [0.2, 0.25) is 25.2 Å². The summed E-state index contributed by atoms with van der Waals surface area (Å²) in [7, 11) is -4.81. The Morgan fingerprint density at radius 3 is 1.15 bits per heavy atom. The van der Waals surface area contributed by atoms with Gasteiger partial charge in [0.2, 0.25) is 11.8 Å². The molecule has 12 nitrogen and oxygen atoms in total. The molecule has 0 aromatic heterocycles. The fraction of sp³-hybridized carbons (Fsp3) is 0.846. The van der Waals surface area contributed by atoms with E-state index in [4.69, 9.17) is 17.7 Å². The van der Waals surface area contributed by atoms with Crippen LogP contribution in [0.3, 0.4) is 0 Å². The van der Waals surface area contributed by atoms with E-state index in [1.54, 1.807) is 0 Å². The van der Waals surface area contributed by atoms with Gasteiger partial charge in [0.05, 0.1) is 22.7 Å². The van der Waals surface area contributed by atoms with Crippen LogP contribution in [0.1, 0.15) is 54.4 Å². The number of carbonyl (C=O) groups is 4. The number of carbonyl (C=O) groups excluding carboxylic acids is 2. The van der Waals surface area contributed by atoms with Crippen LogP contribution < -0.4 is 10.6 Å². The Balaban J connectivity index is 2.96. The van der Waals surface area contributed by atoms with Crippen LogP contribution in [0.4, 0.5) is 0 Å². The molecule has 4 N–H and O–H groups in total. The summed E-state index contributed by atoms with van der Waals surface area (Å²) < 4.78 is 23.2. The lowest BCUT2D eigenvalue weighted by Crippen LogP contribution is -2.75. The maximum atomic E-state index is 13.3. The number of rotatable bonds is 20. The monoisotopic (exact) mass is 606 g/mol. The van der Waals surface area contributed by atoms with Gasteiger partial charge >= 0.3 is 29.1 Å². The molecule has 0 radical (unpaired) electrons. The van der Waals surface area contributed by atoms with Crippen molar-refractivity contribution in [1.29, 1.82) is 0 Å². The molecule has 14 heteroatoms. The molecule has 1 rings (SSSR count). The van der Waals surface area contributed by atoms with E-state index >= 15 is 0 Å². The Morgan fingerprint density at radius 2 is 0.925 bits per heavy atom. The van der Waals surface area contributed by atoms with E-state index in [2.05, 4.69) is 10.6 Å². The normalized spacial score (nSPS) is 24.7. The summed E-state index contributed by atoms with van der Waals surface area (Å²) in [4.78, 5) is 51.4. The second-order valence-corrected chi connectivity index (χ2v) is 17.5. The predicted molar refractivity (Wildman–Crippen MR) is 153 cm³/mol. The number of amides is 2. The zero-order valence-electron chi connectivity index (χ0n) is 25.4. The van der Waals surface area contributed by atoms with Gasteiger partial charge in [0, 0.05) is 39.5 Å². The molecule has 0 atom stereocenters. The smallest absolute Gasteiger partial charge is 0.334 e. The van der Waals surface area contributed by atoms with E-state index < -0.39 is 63.5 Å². The summed E-state index contributed by atoms with van der Waals surface area (Å²) in [6, 6.07) is 1.21. The van der Waals surface area contributed by atoms with Crippen molar-refractivity contribution in [1.82, 2.24) is 10.6 Å². The third-order valence-corrected chi connectivity index (χ3v) is 14.0. The van der Waals surface area contributed by atoms with Crippen molar-refractivity contribution >= 4 is 40.9 Å². The first-order valence-electron chi connectivity index (χ1n) is 14.2. The maximum absolute atomic E-state index is 13.3. The number of hydrogen-bond donors (Lipinski definition) is 4. The average Bonchev–Trinajstić information content (AvgIpc) is 2.84.